The molecule has 180 valence electrons. The molecule has 0 bridgehead atoms. The molecule has 0 spiro atoms. The van der Waals surface area contributed by atoms with E-state index in [1.54, 1.807) is 19.2 Å². The third kappa shape index (κ3) is 4.91. The van der Waals surface area contributed by atoms with Crippen LogP contribution in [0.4, 0.5) is 13.2 Å². The molecule has 7 nitrogen and oxygen atoms in total. The third-order valence-electron chi connectivity index (χ3n) is 6.02. The van der Waals surface area contributed by atoms with Crippen LogP contribution in [0.2, 0.25) is 0 Å². The second-order valence-electron chi connectivity index (χ2n) is 8.28. The topological polar surface area (TPSA) is 86.5 Å². The van der Waals surface area contributed by atoms with Gasteiger partial charge in [-0.1, -0.05) is 35.0 Å². The summed E-state index contributed by atoms with van der Waals surface area (Å²) in [5.41, 5.74) is 2.23. The maximum Gasteiger partial charge on any atom is 0.471 e. The van der Waals surface area contributed by atoms with Gasteiger partial charge >= 0.3 is 12.1 Å². The Hall–Kier alpha value is -3.40. The molecule has 1 amide bonds. The Morgan fingerprint density at radius 1 is 1.18 bits per heavy atom. The lowest BCUT2D eigenvalue weighted by Crippen LogP contribution is -2.44. The second kappa shape index (κ2) is 9.46. The monoisotopic (exact) mass is 475 g/mol. The molecular weight excluding hydrogens is 451 g/mol. The molecule has 2 heterocycles. The minimum absolute atomic E-state index is 0.243. The van der Waals surface area contributed by atoms with Crippen LogP contribution in [0.5, 0.6) is 5.75 Å². The molecule has 4 rings (SSSR count). The zero-order valence-electron chi connectivity index (χ0n) is 18.7. The maximum absolute atomic E-state index is 13.0. The van der Waals surface area contributed by atoms with Gasteiger partial charge in [-0.25, -0.2) is 0 Å². The molecule has 0 unspecified atom stereocenters. The average molecular weight is 475 g/mol. The van der Waals surface area contributed by atoms with Crippen molar-refractivity contribution in [1.29, 1.82) is 0 Å². The molecule has 0 radical (unpaired) electrons. The van der Waals surface area contributed by atoms with Crippen LogP contribution in [0.25, 0.3) is 11.4 Å². The van der Waals surface area contributed by atoms with Gasteiger partial charge in [0, 0.05) is 41.9 Å². The number of aromatic nitrogens is 2. The number of alkyl halides is 3. The number of carbonyl (C=O) groups excluding carboxylic acids is 1. The summed E-state index contributed by atoms with van der Waals surface area (Å²) in [7, 11) is 1.62. The summed E-state index contributed by atoms with van der Waals surface area (Å²) in [6.07, 6.45) is -3.33. The molecule has 2 aromatic carbocycles. The predicted octanol–water partition coefficient (Wildman–Crippen LogP) is 4.55. The fourth-order valence-corrected chi connectivity index (χ4v) is 4.15. The summed E-state index contributed by atoms with van der Waals surface area (Å²) >= 11 is 0. The SMILES string of the molecule is COc1ccc(C)cc1C1(CNC(=O)c2cccc(-c3noc(C(F)(F)F)n3)c2)CCOCC1. The van der Waals surface area contributed by atoms with Gasteiger partial charge in [0.25, 0.3) is 5.91 Å². The van der Waals surface area contributed by atoms with Gasteiger partial charge < -0.3 is 19.3 Å². The van der Waals surface area contributed by atoms with E-state index in [2.05, 4.69) is 26.0 Å². The number of hydrogen-bond donors (Lipinski definition) is 1. The maximum atomic E-state index is 13.0. The number of benzene rings is 2. The Morgan fingerprint density at radius 2 is 1.94 bits per heavy atom. The van der Waals surface area contributed by atoms with Crippen molar-refractivity contribution in [2.45, 2.75) is 31.4 Å². The van der Waals surface area contributed by atoms with E-state index in [0.29, 0.717) is 32.6 Å². The number of aryl methyl sites for hydroxylation is 1. The highest BCUT2D eigenvalue weighted by atomic mass is 19.4. The van der Waals surface area contributed by atoms with Crippen molar-refractivity contribution in [1.82, 2.24) is 15.5 Å². The zero-order chi connectivity index (χ0) is 24.3. The van der Waals surface area contributed by atoms with Crippen LogP contribution in [0.3, 0.4) is 0 Å². The van der Waals surface area contributed by atoms with E-state index in [1.807, 2.05) is 19.1 Å². The van der Waals surface area contributed by atoms with Gasteiger partial charge in [0.05, 0.1) is 7.11 Å². The third-order valence-corrected chi connectivity index (χ3v) is 6.02. The smallest absolute Gasteiger partial charge is 0.471 e. The first-order valence-corrected chi connectivity index (χ1v) is 10.7. The fourth-order valence-electron chi connectivity index (χ4n) is 4.15. The van der Waals surface area contributed by atoms with E-state index in [4.69, 9.17) is 9.47 Å². The van der Waals surface area contributed by atoms with Gasteiger partial charge in [-0.3, -0.25) is 4.79 Å². The lowest BCUT2D eigenvalue weighted by atomic mass is 9.73. The van der Waals surface area contributed by atoms with Gasteiger partial charge in [-0.2, -0.15) is 18.2 Å². The largest absolute Gasteiger partial charge is 0.496 e. The molecule has 1 aliphatic heterocycles. The molecule has 3 aromatic rings. The number of nitrogens with one attached hydrogen (secondary N) is 1. The Labute approximate surface area is 194 Å². The summed E-state index contributed by atoms with van der Waals surface area (Å²) in [5.74, 6) is -1.29. The number of methoxy groups -OCH3 is 1. The van der Waals surface area contributed by atoms with Crippen LogP contribution in [-0.2, 0) is 16.3 Å². The molecule has 10 heteroatoms. The van der Waals surface area contributed by atoms with Gasteiger partial charge in [-0.05, 0) is 38.0 Å². The summed E-state index contributed by atoms with van der Waals surface area (Å²) in [4.78, 5) is 16.4. The van der Waals surface area contributed by atoms with E-state index in [0.717, 1.165) is 16.9 Å². The van der Waals surface area contributed by atoms with Crippen molar-refractivity contribution >= 4 is 5.91 Å². The van der Waals surface area contributed by atoms with Crippen molar-refractivity contribution in [3.05, 3.63) is 65.0 Å². The molecule has 1 aliphatic rings. The Kier molecular flexibility index (Phi) is 6.60. The van der Waals surface area contributed by atoms with Gasteiger partial charge in [0.2, 0.25) is 5.82 Å². The Morgan fingerprint density at radius 3 is 2.62 bits per heavy atom. The van der Waals surface area contributed by atoms with Gasteiger partial charge in [0.15, 0.2) is 0 Å². The predicted molar refractivity (Wildman–Crippen MR) is 117 cm³/mol. The summed E-state index contributed by atoms with van der Waals surface area (Å²) < 4.78 is 53.8. The lowest BCUT2D eigenvalue weighted by molar-refractivity contribution is -0.159. The van der Waals surface area contributed by atoms with Crippen molar-refractivity contribution in [3.63, 3.8) is 0 Å². The Balaban J connectivity index is 1.56. The molecule has 1 N–H and O–H groups in total. The molecular formula is C24H24F3N3O4. The number of rotatable bonds is 6. The Bertz CT molecular complexity index is 1170. The zero-order valence-corrected chi connectivity index (χ0v) is 18.7. The van der Waals surface area contributed by atoms with Gasteiger partial charge in [-0.15, -0.1) is 0 Å². The van der Waals surface area contributed by atoms with Crippen molar-refractivity contribution in [3.8, 4) is 17.1 Å². The fraction of sp³-hybridized carbons (Fsp3) is 0.375. The van der Waals surface area contributed by atoms with Crippen molar-refractivity contribution in [2.24, 2.45) is 0 Å². The minimum atomic E-state index is -4.74. The minimum Gasteiger partial charge on any atom is -0.496 e. The van der Waals surface area contributed by atoms with E-state index in [1.165, 1.54) is 12.1 Å². The van der Waals surface area contributed by atoms with E-state index in [9.17, 15) is 18.0 Å². The molecule has 1 fully saturated rings. The first-order chi connectivity index (χ1) is 16.2. The van der Waals surface area contributed by atoms with Crippen LogP contribution in [0.1, 0.15) is 40.2 Å². The molecule has 1 aromatic heterocycles. The van der Waals surface area contributed by atoms with Crippen LogP contribution >= 0.6 is 0 Å². The number of amides is 1. The second-order valence-corrected chi connectivity index (χ2v) is 8.28. The van der Waals surface area contributed by atoms with E-state index >= 15 is 0 Å². The summed E-state index contributed by atoms with van der Waals surface area (Å²) in [5, 5.41) is 6.38. The summed E-state index contributed by atoms with van der Waals surface area (Å²) in [6, 6.07) is 12.1. The number of carbonyl (C=O) groups is 1. The number of hydrogen-bond acceptors (Lipinski definition) is 6. The number of ether oxygens (including phenoxy) is 2. The highest BCUT2D eigenvalue weighted by Gasteiger charge is 2.39. The van der Waals surface area contributed by atoms with E-state index in [-0.39, 0.29) is 28.3 Å². The summed E-state index contributed by atoms with van der Waals surface area (Å²) in [6.45, 7) is 3.46. The highest BCUT2D eigenvalue weighted by Crippen LogP contribution is 2.40. The average Bonchev–Trinajstić information content (AvgIpc) is 3.34. The van der Waals surface area contributed by atoms with Crippen LogP contribution < -0.4 is 10.1 Å². The molecule has 1 saturated heterocycles. The number of halogens is 3. The van der Waals surface area contributed by atoms with Crippen LogP contribution in [-0.4, -0.2) is 42.9 Å². The molecule has 0 aliphatic carbocycles. The highest BCUT2D eigenvalue weighted by molar-refractivity contribution is 5.95. The van der Waals surface area contributed by atoms with E-state index < -0.39 is 12.1 Å². The first kappa shape index (κ1) is 23.7. The first-order valence-electron chi connectivity index (χ1n) is 10.7. The standard InChI is InChI=1S/C24H24F3N3O4/c1-15-6-7-19(32-2)18(12-15)23(8-10-33-11-9-23)14-28-21(31)17-5-3-4-16(13-17)20-29-22(34-30-20)24(25,26)27/h3-7,12-13H,8-11,14H2,1-2H3,(H,28,31). The molecule has 0 saturated carbocycles. The molecule has 0 atom stereocenters. The lowest BCUT2D eigenvalue weighted by Gasteiger charge is -2.38. The molecule has 34 heavy (non-hydrogen) atoms. The van der Waals surface area contributed by atoms with Crippen molar-refractivity contribution in [2.75, 3.05) is 26.9 Å². The normalized spacial score (nSPS) is 15.7. The van der Waals surface area contributed by atoms with Crippen LogP contribution in [0, 0.1) is 6.92 Å². The van der Waals surface area contributed by atoms with Crippen molar-refractivity contribution < 1.29 is 32.0 Å². The quantitative estimate of drug-likeness (QED) is 0.563. The van der Waals surface area contributed by atoms with Crippen LogP contribution in [0.15, 0.2) is 47.0 Å². The number of nitrogens with zero attached hydrogens (tertiary/aromatic N) is 2. The van der Waals surface area contributed by atoms with Gasteiger partial charge in [0.1, 0.15) is 5.75 Å².